The maximum Gasteiger partial charge on any atom is 0.227 e. The number of amides is 1. The van der Waals surface area contributed by atoms with Gasteiger partial charge in [0.25, 0.3) is 0 Å². The number of ether oxygens (including phenoxy) is 1. The van der Waals surface area contributed by atoms with Crippen LogP contribution in [-0.4, -0.2) is 62.1 Å². The van der Waals surface area contributed by atoms with E-state index in [9.17, 15) is 4.79 Å². The molecule has 25 heavy (non-hydrogen) atoms. The Morgan fingerprint density at radius 2 is 2.04 bits per heavy atom. The first-order chi connectivity index (χ1) is 11.7. The molecule has 0 spiro atoms. The predicted octanol–water partition coefficient (Wildman–Crippen LogP) is 2.07. The van der Waals surface area contributed by atoms with E-state index in [4.69, 9.17) is 4.74 Å². The standard InChI is InChI=1S/C19H29N3O2.ClH/c1-15-5-6-16(12-18(15)24-2)13-21-9-3-4-17(14-21)19(23)22-10-7-20-8-11-22;/h5-6,12,17,20H,3-4,7-11,13-14H2,1-2H3;1H. The van der Waals surface area contributed by atoms with Gasteiger partial charge in [-0.2, -0.15) is 0 Å². The fourth-order valence-electron chi connectivity index (χ4n) is 3.77. The second-order valence-corrected chi connectivity index (χ2v) is 6.95. The fourth-order valence-corrected chi connectivity index (χ4v) is 3.77. The van der Waals surface area contributed by atoms with E-state index in [1.807, 2.05) is 4.90 Å². The Kier molecular flexibility index (Phi) is 7.54. The molecular formula is C19H30ClN3O2. The predicted molar refractivity (Wildman–Crippen MR) is 102 cm³/mol. The minimum Gasteiger partial charge on any atom is -0.496 e. The second-order valence-electron chi connectivity index (χ2n) is 6.95. The van der Waals surface area contributed by atoms with Crippen molar-refractivity contribution in [3.63, 3.8) is 0 Å². The number of aryl methyl sites for hydroxylation is 1. The van der Waals surface area contributed by atoms with Gasteiger partial charge in [-0.15, -0.1) is 12.4 Å². The molecule has 0 aromatic heterocycles. The molecule has 0 aliphatic carbocycles. The van der Waals surface area contributed by atoms with E-state index < -0.39 is 0 Å². The number of carbonyl (C=O) groups excluding carboxylic acids is 1. The molecule has 6 heteroatoms. The Bertz CT molecular complexity index is 576. The van der Waals surface area contributed by atoms with Gasteiger partial charge >= 0.3 is 0 Å². The molecule has 0 radical (unpaired) electrons. The number of nitrogens with zero attached hydrogens (tertiary/aromatic N) is 2. The van der Waals surface area contributed by atoms with Gasteiger partial charge in [0.2, 0.25) is 5.91 Å². The topological polar surface area (TPSA) is 44.8 Å². The number of nitrogens with one attached hydrogen (secondary N) is 1. The van der Waals surface area contributed by atoms with E-state index in [2.05, 4.69) is 35.3 Å². The van der Waals surface area contributed by atoms with Gasteiger partial charge in [-0.3, -0.25) is 9.69 Å². The third-order valence-corrected chi connectivity index (χ3v) is 5.16. The van der Waals surface area contributed by atoms with Crippen molar-refractivity contribution >= 4 is 18.3 Å². The van der Waals surface area contributed by atoms with Crippen LogP contribution in [0.4, 0.5) is 0 Å². The molecule has 1 atom stereocenters. The average molecular weight is 368 g/mol. The highest BCUT2D eigenvalue weighted by atomic mass is 35.5. The number of carbonyl (C=O) groups is 1. The number of piperidine rings is 1. The largest absolute Gasteiger partial charge is 0.496 e. The Hall–Kier alpha value is -1.30. The maximum absolute atomic E-state index is 12.7. The number of halogens is 1. The lowest BCUT2D eigenvalue weighted by atomic mass is 9.95. The van der Waals surface area contributed by atoms with Crippen molar-refractivity contribution < 1.29 is 9.53 Å². The first kappa shape index (κ1) is 20.0. The van der Waals surface area contributed by atoms with E-state index in [1.165, 1.54) is 5.56 Å². The highest BCUT2D eigenvalue weighted by Crippen LogP contribution is 2.24. The van der Waals surface area contributed by atoms with Gasteiger partial charge in [0.1, 0.15) is 5.75 Å². The normalized spacial score (nSPS) is 21.5. The van der Waals surface area contributed by atoms with Crippen molar-refractivity contribution in [2.24, 2.45) is 5.92 Å². The molecule has 1 unspecified atom stereocenters. The summed E-state index contributed by atoms with van der Waals surface area (Å²) in [5, 5.41) is 3.31. The van der Waals surface area contributed by atoms with Gasteiger partial charge in [-0.05, 0) is 43.5 Å². The zero-order chi connectivity index (χ0) is 16.9. The molecule has 1 aromatic carbocycles. The summed E-state index contributed by atoms with van der Waals surface area (Å²) in [6, 6.07) is 6.40. The van der Waals surface area contributed by atoms with Crippen molar-refractivity contribution in [2.45, 2.75) is 26.3 Å². The zero-order valence-corrected chi connectivity index (χ0v) is 16.1. The molecule has 0 saturated carbocycles. The minimum absolute atomic E-state index is 0. The van der Waals surface area contributed by atoms with Crippen molar-refractivity contribution in [2.75, 3.05) is 46.4 Å². The maximum atomic E-state index is 12.7. The van der Waals surface area contributed by atoms with Crippen LogP contribution < -0.4 is 10.1 Å². The number of piperazine rings is 1. The SMILES string of the molecule is COc1cc(CN2CCCC(C(=O)N3CCNCC3)C2)ccc1C.Cl. The molecular weight excluding hydrogens is 338 g/mol. The van der Waals surface area contributed by atoms with Gasteiger partial charge in [-0.1, -0.05) is 12.1 Å². The molecule has 2 fully saturated rings. The first-order valence-electron chi connectivity index (χ1n) is 9.03. The summed E-state index contributed by atoms with van der Waals surface area (Å²) in [5.41, 5.74) is 2.42. The number of benzene rings is 1. The van der Waals surface area contributed by atoms with E-state index in [-0.39, 0.29) is 18.3 Å². The molecule has 5 nitrogen and oxygen atoms in total. The number of likely N-dealkylation sites (tertiary alicyclic amines) is 1. The van der Waals surface area contributed by atoms with Crippen molar-refractivity contribution in [1.29, 1.82) is 0 Å². The molecule has 3 rings (SSSR count). The fraction of sp³-hybridized carbons (Fsp3) is 0.632. The molecule has 2 saturated heterocycles. The lowest BCUT2D eigenvalue weighted by Crippen LogP contribution is -2.51. The lowest BCUT2D eigenvalue weighted by molar-refractivity contribution is -0.138. The smallest absolute Gasteiger partial charge is 0.227 e. The highest BCUT2D eigenvalue weighted by molar-refractivity contribution is 5.85. The van der Waals surface area contributed by atoms with Gasteiger partial charge in [0, 0.05) is 39.3 Å². The number of rotatable bonds is 4. The van der Waals surface area contributed by atoms with Crippen LogP contribution in [0, 0.1) is 12.8 Å². The molecule has 1 N–H and O–H groups in total. The molecule has 2 heterocycles. The van der Waals surface area contributed by atoms with Crippen molar-refractivity contribution in [1.82, 2.24) is 15.1 Å². The van der Waals surface area contributed by atoms with Crippen LogP contribution >= 0.6 is 12.4 Å². The summed E-state index contributed by atoms with van der Waals surface area (Å²) >= 11 is 0. The molecule has 140 valence electrons. The van der Waals surface area contributed by atoms with Crippen molar-refractivity contribution in [3.05, 3.63) is 29.3 Å². The number of hydrogen-bond donors (Lipinski definition) is 1. The van der Waals surface area contributed by atoms with Crippen molar-refractivity contribution in [3.8, 4) is 5.75 Å². The zero-order valence-electron chi connectivity index (χ0n) is 15.3. The van der Waals surface area contributed by atoms with Crippen LogP contribution in [0.2, 0.25) is 0 Å². The van der Waals surface area contributed by atoms with E-state index in [0.29, 0.717) is 5.91 Å². The second kappa shape index (κ2) is 9.41. The quantitative estimate of drug-likeness (QED) is 0.884. The van der Waals surface area contributed by atoms with Gasteiger partial charge in [0.05, 0.1) is 13.0 Å². The summed E-state index contributed by atoms with van der Waals surface area (Å²) in [7, 11) is 1.72. The van der Waals surface area contributed by atoms with E-state index >= 15 is 0 Å². The molecule has 1 aromatic rings. The highest BCUT2D eigenvalue weighted by Gasteiger charge is 2.29. The van der Waals surface area contributed by atoms with Crippen LogP contribution in [0.25, 0.3) is 0 Å². The number of methoxy groups -OCH3 is 1. The summed E-state index contributed by atoms with van der Waals surface area (Å²) in [6.07, 6.45) is 2.13. The first-order valence-corrected chi connectivity index (χ1v) is 9.03. The summed E-state index contributed by atoms with van der Waals surface area (Å²) in [4.78, 5) is 17.2. The summed E-state index contributed by atoms with van der Waals surface area (Å²) < 4.78 is 5.43. The Morgan fingerprint density at radius 3 is 2.76 bits per heavy atom. The van der Waals surface area contributed by atoms with Crippen LogP contribution in [0.1, 0.15) is 24.0 Å². The Balaban J connectivity index is 0.00000225. The summed E-state index contributed by atoms with van der Waals surface area (Å²) in [6.45, 7) is 8.44. The minimum atomic E-state index is 0. The van der Waals surface area contributed by atoms with E-state index in [1.54, 1.807) is 7.11 Å². The molecule has 2 aliphatic rings. The third-order valence-electron chi connectivity index (χ3n) is 5.16. The van der Waals surface area contributed by atoms with Crippen LogP contribution in [0.5, 0.6) is 5.75 Å². The Labute approximate surface area is 157 Å². The van der Waals surface area contributed by atoms with Gasteiger partial charge in [-0.25, -0.2) is 0 Å². The molecule has 0 bridgehead atoms. The van der Waals surface area contributed by atoms with Gasteiger partial charge in [0.15, 0.2) is 0 Å². The Morgan fingerprint density at radius 1 is 1.28 bits per heavy atom. The third kappa shape index (κ3) is 5.09. The number of hydrogen-bond acceptors (Lipinski definition) is 4. The molecule has 1 amide bonds. The van der Waals surface area contributed by atoms with Crippen LogP contribution in [0.3, 0.4) is 0 Å². The van der Waals surface area contributed by atoms with E-state index in [0.717, 1.165) is 70.0 Å². The van der Waals surface area contributed by atoms with Crippen LogP contribution in [0.15, 0.2) is 18.2 Å². The molecule has 2 aliphatic heterocycles. The summed E-state index contributed by atoms with van der Waals surface area (Å²) in [5.74, 6) is 1.45. The lowest BCUT2D eigenvalue weighted by Gasteiger charge is -2.36. The van der Waals surface area contributed by atoms with Gasteiger partial charge < -0.3 is 15.0 Å². The monoisotopic (exact) mass is 367 g/mol. The van der Waals surface area contributed by atoms with Crippen LogP contribution in [-0.2, 0) is 11.3 Å². The average Bonchev–Trinajstić information content (AvgIpc) is 2.63.